The fraction of sp³-hybridized carbons (Fsp3) is 0.385. The van der Waals surface area contributed by atoms with Crippen molar-refractivity contribution in [2.45, 2.75) is 31.6 Å². The van der Waals surface area contributed by atoms with Gasteiger partial charge in [0, 0.05) is 29.0 Å². The molecule has 2 heterocycles. The first kappa shape index (κ1) is 10.7. The average molecular weight is 246 g/mol. The molecule has 2 aromatic heterocycles. The fourth-order valence-electron chi connectivity index (χ4n) is 2.36. The maximum absolute atomic E-state index is 11.0. The summed E-state index contributed by atoms with van der Waals surface area (Å²) in [7, 11) is 0. The molecule has 4 heteroatoms. The highest BCUT2D eigenvalue weighted by atomic mass is 32.1. The molecule has 1 fully saturated rings. The number of thiazole rings is 1. The van der Waals surface area contributed by atoms with Crippen molar-refractivity contribution in [3.8, 4) is 11.3 Å². The quantitative estimate of drug-likeness (QED) is 0.603. The molecule has 0 N–H and O–H groups in total. The summed E-state index contributed by atoms with van der Waals surface area (Å²) in [6.45, 7) is 0. The van der Waals surface area contributed by atoms with E-state index in [4.69, 9.17) is 4.98 Å². The van der Waals surface area contributed by atoms with Crippen LogP contribution in [0.15, 0.2) is 29.9 Å². The molecule has 1 saturated carbocycles. The van der Waals surface area contributed by atoms with Crippen LogP contribution in [0, 0.1) is 5.21 Å². The molecule has 0 atom stereocenters. The number of nitrogens with zero attached hydrogens (tertiary/aromatic N) is 2. The second-order valence-electron chi connectivity index (χ2n) is 4.50. The molecule has 0 aromatic carbocycles. The molecule has 0 saturated heterocycles. The number of aromatic nitrogens is 2. The molecular weight excluding hydrogens is 232 g/mol. The van der Waals surface area contributed by atoms with Crippen molar-refractivity contribution in [1.29, 1.82) is 0 Å². The zero-order chi connectivity index (χ0) is 11.7. The second kappa shape index (κ2) is 4.45. The molecule has 0 amide bonds. The number of hydrogen-bond donors (Lipinski definition) is 0. The smallest absolute Gasteiger partial charge is 0.181 e. The molecule has 0 bridgehead atoms. The minimum absolute atomic E-state index is 0.668. The molecule has 1 aliphatic rings. The van der Waals surface area contributed by atoms with Gasteiger partial charge in [0.15, 0.2) is 12.4 Å². The number of rotatable bonds is 2. The van der Waals surface area contributed by atoms with Crippen LogP contribution in [0.5, 0.6) is 0 Å². The molecule has 0 radical (unpaired) electrons. The van der Waals surface area contributed by atoms with Crippen LogP contribution in [0.1, 0.15) is 36.6 Å². The number of hydrogen-bond acceptors (Lipinski definition) is 3. The van der Waals surface area contributed by atoms with E-state index in [0.29, 0.717) is 5.92 Å². The van der Waals surface area contributed by atoms with E-state index in [1.807, 2.05) is 12.1 Å². The third-order valence-electron chi connectivity index (χ3n) is 3.32. The Morgan fingerprint density at radius 3 is 2.65 bits per heavy atom. The van der Waals surface area contributed by atoms with Crippen LogP contribution in [0.3, 0.4) is 0 Å². The van der Waals surface area contributed by atoms with E-state index in [0.717, 1.165) is 16.0 Å². The van der Waals surface area contributed by atoms with Gasteiger partial charge >= 0.3 is 0 Å². The Morgan fingerprint density at radius 2 is 1.94 bits per heavy atom. The maximum atomic E-state index is 11.0. The van der Waals surface area contributed by atoms with E-state index >= 15 is 0 Å². The summed E-state index contributed by atoms with van der Waals surface area (Å²) in [5.41, 5.74) is 2.02. The van der Waals surface area contributed by atoms with Crippen LogP contribution < -0.4 is 4.73 Å². The highest BCUT2D eigenvalue weighted by molar-refractivity contribution is 7.10. The van der Waals surface area contributed by atoms with Crippen LogP contribution >= 0.6 is 11.3 Å². The third kappa shape index (κ3) is 2.17. The van der Waals surface area contributed by atoms with Crippen molar-refractivity contribution in [3.05, 3.63) is 40.1 Å². The lowest BCUT2D eigenvalue weighted by Gasteiger charge is -2.02. The van der Waals surface area contributed by atoms with Gasteiger partial charge in [-0.25, -0.2) is 4.98 Å². The van der Waals surface area contributed by atoms with Gasteiger partial charge in [-0.05, 0) is 12.8 Å². The van der Waals surface area contributed by atoms with E-state index in [-0.39, 0.29) is 0 Å². The molecule has 0 spiro atoms. The van der Waals surface area contributed by atoms with E-state index < -0.39 is 0 Å². The SMILES string of the molecule is [O-][n+]1ccc(-c2csc(C3CCCC3)n2)cc1. The van der Waals surface area contributed by atoms with Gasteiger partial charge < -0.3 is 5.21 Å². The first-order valence-electron chi connectivity index (χ1n) is 5.97. The van der Waals surface area contributed by atoms with Crippen molar-refractivity contribution in [2.75, 3.05) is 0 Å². The van der Waals surface area contributed by atoms with E-state index in [1.165, 1.54) is 43.1 Å². The van der Waals surface area contributed by atoms with E-state index in [1.54, 1.807) is 11.3 Å². The Balaban J connectivity index is 1.86. The average Bonchev–Trinajstić information content (AvgIpc) is 3.00. The van der Waals surface area contributed by atoms with Crippen molar-refractivity contribution >= 4 is 11.3 Å². The Bertz CT molecular complexity index is 500. The molecule has 3 nitrogen and oxygen atoms in total. The molecule has 0 aliphatic heterocycles. The first-order valence-corrected chi connectivity index (χ1v) is 6.85. The van der Waals surface area contributed by atoms with Gasteiger partial charge in [-0.2, -0.15) is 4.73 Å². The summed E-state index contributed by atoms with van der Waals surface area (Å²) in [6.07, 6.45) is 8.26. The van der Waals surface area contributed by atoms with Crippen LogP contribution in [0.4, 0.5) is 0 Å². The molecule has 88 valence electrons. The lowest BCUT2D eigenvalue weighted by molar-refractivity contribution is -0.605. The van der Waals surface area contributed by atoms with Crippen molar-refractivity contribution in [2.24, 2.45) is 0 Å². The molecule has 3 rings (SSSR count). The minimum Gasteiger partial charge on any atom is -0.619 e. The standard InChI is InChI=1S/C13H14N2OS/c16-15-7-5-10(6-8-15)12-9-17-13(14-12)11-3-1-2-4-11/h5-9,11H,1-4H2. The summed E-state index contributed by atoms with van der Waals surface area (Å²) in [5, 5.41) is 14.3. The van der Waals surface area contributed by atoms with Crippen LogP contribution in [-0.2, 0) is 0 Å². The predicted octanol–water partition coefficient (Wildman–Crippen LogP) is 3.10. The van der Waals surface area contributed by atoms with Gasteiger partial charge in [0.25, 0.3) is 0 Å². The maximum Gasteiger partial charge on any atom is 0.181 e. The van der Waals surface area contributed by atoms with Crippen LogP contribution in [0.2, 0.25) is 0 Å². The van der Waals surface area contributed by atoms with E-state index in [9.17, 15) is 5.21 Å². The summed E-state index contributed by atoms with van der Waals surface area (Å²) in [4.78, 5) is 4.70. The summed E-state index contributed by atoms with van der Waals surface area (Å²) >= 11 is 1.75. The van der Waals surface area contributed by atoms with E-state index in [2.05, 4.69) is 5.38 Å². The Kier molecular flexibility index (Phi) is 2.81. The van der Waals surface area contributed by atoms with Crippen molar-refractivity contribution in [1.82, 2.24) is 4.98 Å². The third-order valence-corrected chi connectivity index (χ3v) is 4.33. The van der Waals surface area contributed by atoms with Crippen molar-refractivity contribution < 1.29 is 4.73 Å². The minimum atomic E-state index is 0.668. The van der Waals surface area contributed by atoms with Crippen molar-refractivity contribution in [3.63, 3.8) is 0 Å². The Labute approximate surface area is 104 Å². The zero-order valence-corrected chi connectivity index (χ0v) is 10.3. The molecule has 2 aromatic rings. The predicted molar refractivity (Wildman–Crippen MR) is 67.7 cm³/mol. The molecule has 17 heavy (non-hydrogen) atoms. The second-order valence-corrected chi connectivity index (χ2v) is 5.39. The van der Waals surface area contributed by atoms with Crippen LogP contribution in [-0.4, -0.2) is 4.98 Å². The lowest BCUT2D eigenvalue weighted by Crippen LogP contribution is -2.23. The Hall–Kier alpha value is -1.42. The molecule has 1 aliphatic carbocycles. The summed E-state index contributed by atoms with van der Waals surface area (Å²) in [5.74, 6) is 0.668. The molecular formula is C13H14N2OS. The lowest BCUT2D eigenvalue weighted by atomic mass is 10.1. The number of pyridine rings is 1. The van der Waals surface area contributed by atoms with Gasteiger partial charge in [-0.15, -0.1) is 11.3 Å². The van der Waals surface area contributed by atoms with Gasteiger partial charge in [0.1, 0.15) is 0 Å². The monoisotopic (exact) mass is 246 g/mol. The van der Waals surface area contributed by atoms with Gasteiger partial charge in [0.05, 0.1) is 10.7 Å². The largest absolute Gasteiger partial charge is 0.619 e. The topological polar surface area (TPSA) is 39.8 Å². The highest BCUT2D eigenvalue weighted by Crippen LogP contribution is 2.36. The van der Waals surface area contributed by atoms with Gasteiger partial charge in [0.2, 0.25) is 0 Å². The van der Waals surface area contributed by atoms with Gasteiger partial charge in [-0.1, -0.05) is 12.8 Å². The molecule has 0 unspecified atom stereocenters. The highest BCUT2D eigenvalue weighted by Gasteiger charge is 2.20. The van der Waals surface area contributed by atoms with Crippen LogP contribution in [0.25, 0.3) is 11.3 Å². The normalized spacial score (nSPS) is 16.5. The summed E-state index contributed by atoms with van der Waals surface area (Å²) < 4.78 is 0.799. The fourth-order valence-corrected chi connectivity index (χ4v) is 3.36. The Morgan fingerprint density at radius 1 is 1.24 bits per heavy atom. The zero-order valence-electron chi connectivity index (χ0n) is 9.50. The van der Waals surface area contributed by atoms with Gasteiger partial charge in [-0.3, -0.25) is 0 Å². The first-order chi connectivity index (χ1) is 8.33. The summed E-state index contributed by atoms with van der Waals surface area (Å²) in [6, 6.07) is 3.64.